The van der Waals surface area contributed by atoms with Gasteiger partial charge in [0.1, 0.15) is 11.9 Å². The molecule has 0 bridgehead atoms. The molecule has 2 rings (SSSR count). The molecule has 0 amide bonds. The Kier molecular flexibility index (Phi) is 3.85. The number of nitriles is 1. The SMILES string of the molecule is CCc1cccc(CC)c1-n1c(C)c(C)c(C#N)c1N. The average Bonchev–Trinajstić information content (AvgIpc) is 2.68. The number of aromatic nitrogens is 1. The summed E-state index contributed by atoms with van der Waals surface area (Å²) in [4.78, 5) is 0. The third kappa shape index (κ3) is 1.98. The minimum absolute atomic E-state index is 0.554. The van der Waals surface area contributed by atoms with E-state index in [0.717, 1.165) is 29.8 Å². The van der Waals surface area contributed by atoms with E-state index in [4.69, 9.17) is 5.73 Å². The van der Waals surface area contributed by atoms with E-state index in [-0.39, 0.29) is 0 Å². The molecule has 0 aliphatic heterocycles. The summed E-state index contributed by atoms with van der Waals surface area (Å²) in [5.41, 5.74) is 12.5. The fraction of sp³-hybridized carbons (Fsp3) is 0.353. The summed E-state index contributed by atoms with van der Waals surface area (Å²) in [6, 6.07) is 8.58. The van der Waals surface area contributed by atoms with E-state index in [1.54, 1.807) is 0 Å². The first-order chi connectivity index (χ1) is 9.56. The zero-order valence-electron chi connectivity index (χ0n) is 12.6. The highest BCUT2D eigenvalue weighted by Crippen LogP contribution is 2.31. The maximum atomic E-state index is 9.29. The summed E-state index contributed by atoms with van der Waals surface area (Å²) in [6.07, 6.45) is 1.89. The molecule has 0 aliphatic carbocycles. The Hall–Kier alpha value is -2.21. The summed E-state index contributed by atoms with van der Waals surface area (Å²) >= 11 is 0. The normalized spacial score (nSPS) is 10.6. The lowest BCUT2D eigenvalue weighted by Gasteiger charge is -2.17. The summed E-state index contributed by atoms with van der Waals surface area (Å²) in [5, 5.41) is 9.29. The molecule has 0 spiro atoms. The molecule has 1 aromatic carbocycles. The predicted octanol–water partition coefficient (Wildman–Crippen LogP) is 3.67. The molecule has 3 heteroatoms. The molecule has 3 nitrogen and oxygen atoms in total. The van der Waals surface area contributed by atoms with Crippen molar-refractivity contribution in [1.82, 2.24) is 4.57 Å². The number of hydrogen-bond donors (Lipinski definition) is 1. The van der Waals surface area contributed by atoms with Crippen molar-refractivity contribution in [2.45, 2.75) is 40.5 Å². The van der Waals surface area contributed by atoms with Gasteiger partial charge in [-0.3, -0.25) is 4.57 Å². The van der Waals surface area contributed by atoms with Crippen LogP contribution in [0.1, 0.15) is 41.8 Å². The molecule has 0 radical (unpaired) electrons. The standard InChI is InChI=1S/C17H21N3/c1-5-13-8-7-9-14(6-2)16(13)20-12(4)11(3)15(10-18)17(20)19/h7-9H,5-6,19H2,1-4H3. The highest BCUT2D eigenvalue weighted by molar-refractivity contribution is 5.65. The van der Waals surface area contributed by atoms with Gasteiger partial charge in [0.2, 0.25) is 0 Å². The second-order valence-electron chi connectivity index (χ2n) is 5.05. The topological polar surface area (TPSA) is 54.7 Å². The first kappa shape index (κ1) is 14.2. The van der Waals surface area contributed by atoms with E-state index in [1.165, 1.54) is 11.1 Å². The molecule has 0 aliphatic rings. The lowest BCUT2D eigenvalue weighted by atomic mass is 10.0. The number of nitrogens with zero attached hydrogens (tertiary/aromatic N) is 2. The molecule has 0 unspecified atom stereocenters. The number of nitrogens with two attached hydrogens (primary N) is 1. The largest absolute Gasteiger partial charge is 0.384 e. The van der Waals surface area contributed by atoms with Crippen molar-refractivity contribution in [3.8, 4) is 11.8 Å². The number of rotatable bonds is 3. The molecule has 0 fully saturated rings. The van der Waals surface area contributed by atoms with Gasteiger partial charge in [0.05, 0.1) is 11.3 Å². The molecule has 2 aromatic rings. The lowest BCUT2D eigenvalue weighted by molar-refractivity contribution is 0.944. The van der Waals surface area contributed by atoms with Gasteiger partial charge in [-0.2, -0.15) is 5.26 Å². The molecule has 2 N–H and O–H groups in total. The number of benzene rings is 1. The summed E-state index contributed by atoms with van der Waals surface area (Å²) < 4.78 is 2.05. The van der Waals surface area contributed by atoms with Crippen molar-refractivity contribution in [1.29, 1.82) is 5.26 Å². The number of aryl methyl sites for hydroxylation is 2. The van der Waals surface area contributed by atoms with Gasteiger partial charge in [-0.1, -0.05) is 32.0 Å². The fourth-order valence-corrected chi connectivity index (χ4v) is 2.76. The third-order valence-corrected chi connectivity index (χ3v) is 4.05. The Morgan fingerprint density at radius 1 is 1.15 bits per heavy atom. The van der Waals surface area contributed by atoms with Crippen LogP contribution in [0, 0.1) is 25.2 Å². The molecule has 20 heavy (non-hydrogen) atoms. The van der Waals surface area contributed by atoms with Gasteiger partial charge in [-0.25, -0.2) is 0 Å². The first-order valence-electron chi connectivity index (χ1n) is 7.05. The second kappa shape index (κ2) is 5.42. The van der Waals surface area contributed by atoms with Gasteiger partial charge in [0.15, 0.2) is 0 Å². The fourth-order valence-electron chi connectivity index (χ4n) is 2.76. The van der Waals surface area contributed by atoms with E-state index in [0.29, 0.717) is 11.4 Å². The van der Waals surface area contributed by atoms with Crippen LogP contribution in [0.3, 0.4) is 0 Å². The van der Waals surface area contributed by atoms with E-state index in [2.05, 4.69) is 38.1 Å². The van der Waals surface area contributed by atoms with Gasteiger partial charge < -0.3 is 5.73 Å². The predicted molar refractivity (Wildman–Crippen MR) is 83.1 cm³/mol. The van der Waals surface area contributed by atoms with Crippen LogP contribution in [-0.2, 0) is 12.8 Å². The number of nitrogen functional groups attached to an aromatic ring is 1. The van der Waals surface area contributed by atoms with Crippen LogP contribution in [0.2, 0.25) is 0 Å². The zero-order valence-corrected chi connectivity index (χ0v) is 12.6. The molecule has 1 heterocycles. The minimum atomic E-state index is 0.554. The molecular weight excluding hydrogens is 246 g/mol. The van der Waals surface area contributed by atoms with Crippen molar-refractivity contribution in [3.05, 3.63) is 46.1 Å². The van der Waals surface area contributed by atoms with Crippen LogP contribution in [0.25, 0.3) is 5.69 Å². The maximum absolute atomic E-state index is 9.29. The highest BCUT2D eigenvalue weighted by atomic mass is 15.1. The van der Waals surface area contributed by atoms with E-state index < -0.39 is 0 Å². The van der Waals surface area contributed by atoms with Crippen molar-refractivity contribution in [2.24, 2.45) is 0 Å². The molecule has 1 aromatic heterocycles. The highest BCUT2D eigenvalue weighted by Gasteiger charge is 2.19. The van der Waals surface area contributed by atoms with Gasteiger partial charge in [0, 0.05) is 5.69 Å². The Balaban J connectivity index is 2.86. The minimum Gasteiger partial charge on any atom is -0.384 e. The third-order valence-electron chi connectivity index (χ3n) is 4.05. The zero-order chi connectivity index (χ0) is 14.9. The van der Waals surface area contributed by atoms with Crippen LogP contribution in [-0.4, -0.2) is 4.57 Å². The Labute approximate surface area is 120 Å². The summed E-state index contributed by atoms with van der Waals surface area (Å²) in [6.45, 7) is 8.27. The number of hydrogen-bond acceptors (Lipinski definition) is 2. The smallest absolute Gasteiger partial charge is 0.126 e. The molecule has 0 saturated carbocycles. The molecular formula is C17H21N3. The van der Waals surface area contributed by atoms with Gasteiger partial charge >= 0.3 is 0 Å². The molecule has 0 atom stereocenters. The van der Waals surface area contributed by atoms with Crippen molar-refractivity contribution >= 4 is 5.82 Å². The Morgan fingerprint density at radius 3 is 2.10 bits per heavy atom. The number of para-hydroxylation sites is 1. The van der Waals surface area contributed by atoms with Crippen molar-refractivity contribution in [3.63, 3.8) is 0 Å². The Bertz CT molecular complexity index is 665. The van der Waals surface area contributed by atoms with Crippen molar-refractivity contribution < 1.29 is 0 Å². The average molecular weight is 267 g/mol. The van der Waals surface area contributed by atoms with Gasteiger partial charge in [0.25, 0.3) is 0 Å². The number of anilines is 1. The maximum Gasteiger partial charge on any atom is 0.126 e. The van der Waals surface area contributed by atoms with Crippen LogP contribution in [0.4, 0.5) is 5.82 Å². The quantitative estimate of drug-likeness (QED) is 0.922. The van der Waals surface area contributed by atoms with Crippen LogP contribution in [0.15, 0.2) is 18.2 Å². The Morgan fingerprint density at radius 2 is 1.70 bits per heavy atom. The summed E-state index contributed by atoms with van der Waals surface area (Å²) in [5.74, 6) is 0.554. The van der Waals surface area contributed by atoms with E-state index >= 15 is 0 Å². The van der Waals surface area contributed by atoms with E-state index in [9.17, 15) is 5.26 Å². The molecule has 104 valence electrons. The van der Waals surface area contributed by atoms with Gasteiger partial charge in [-0.15, -0.1) is 0 Å². The monoisotopic (exact) mass is 267 g/mol. The molecule has 0 saturated heterocycles. The van der Waals surface area contributed by atoms with E-state index in [1.807, 2.05) is 18.4 Å². The van der Waals surface area contributed by atoms with Crippen LogP contribution in [0.5, 0.6) is 0 Å². The first-order valence-corrected chi connectivity index (χ1v) is 7.05. The van der Waals surface area contributed by atoms with Crippen molar-refractivity contribution in [2.75, 3.05) is 5.73 Å². The van der Waals surface area contributed by atoms with Crippen LogP contribution >= 0.6 is 0 Å². The van der Waals surface area contributed by atoms with Crippen LogP contribution < -0.4 is 5.73 Å². The summed E-state index contributed by atoms with van der Waals surface area (Å²) in [7, 11) is 0. The van der Waals surface area contributed by atoms with Gasteiger partial charge in [-0.05, 0) is 43.4 Å². The lowest BCUT2D eigenvalue weighted by Crippen LogP contribution is -2.08. The second-order valence-corrected chi connectivity index (χ2v) is 5.05.